The van der Waals surface area contributed by atoms with Crippen LogP contribution in [0, 0.1) is 12.7 Å². The number of hydrogen-bond donors (Lipinski definition) is 1. The van der Waals surface area contributed by atoms with Gasteiger partial charge in [-0.1, -0.05) is 18.7 Å². The highest BCUT2D eigenvalue weighted by molar-refractivity contribution is 6.04. The van der Waals surface area contributed by atoms with Crippen LogP contribution in [0.25, 0.3) is 38.8 Å². The number of benzene rings is 2. The highest BCUT2D eigenvalue weighted by Crippen LogP contribution is 2.30. The standard InChI is InChI=1S/C26H20FN5O2/c1-4-24(33)30-23-11-9-17(13-29-23)16-8-10-20-18(12-16)25-22(14-28-20)31(3)26(34)32(25)21-7-5-6-19(27)15(21)2/h4-14H,1H2,2-3H3,(H,29,30,33). The molecule has 0 bridgehead atoms. The molecule has 2 aromatic carbocycles. The first-order chi connectivity index (χ1) is 16.4. The number of carbonyl (C=O) groups excluding carboxylic acids is 1. The Morgan fingerprint density at radius 3 is 2.62 bits per heavy atom. The number of halogens is 1. The molecule has 1 N–H and O–H groups in total. The number of aryl methyl sites for hydroxylation is 1. The molecule has 0 unspecified atom stereocenters. The van der Waals surface area contributed by atoms with Gasteiger partial charge >= 0.3 is 5.69 Å². The van der Waals surface area contributed by atoms with Gasteiger partial charge in [0.1, 0.15) is 11.6 Å². The molecule has 7 nitrogen and oxygen atoms in total. The lowest BCUT2D eigenvalue weighted by molar-refractivity contribution is -0.111. The normalized spacial score (nSPS) is 11.1. The summed E-state index contributed by atoms with van der Waals surface area (Å²) in [5.41, 5.74) is 4.25. The first kappa shape index (κ1) is 21.3. The second kappa shape index (κ2) is 8.08. The first-order valence-electron chi connectivity index (χ1n) is 10.5. The molecule has 0 aliphatic rings. The molecular weight excluding hydrogens is 433 g/mol. The molecule has 0 saturated heterocycles. The molecule has 34 heavy (non-hydrogen) atoms. The van der Waals surface area contributed by atoms with Crippen molar-refractivity contribution in [2.24, 2.45) is 7.05 Å². The molecule has 168 valence electrons. The molecule has 0 atom stereocenters. The number of carbonyl (C=O) groups is 1. The zero-order valence-electron chi connectivity index (χ0n) is 18.5. The number of nitrogens with zero attached hydrogens (tertiary/aromatic N) is 4. The quantitative estimate of drug-likeness (QED) is 0.406. The van der Waals surface area contributed by atoms with Crippen LogP contribution >= 0.6 is 0 Å². The van der Waals surface area contributed by atoms with E-state index in [9.17, 15) is 14.0 Å². The van der Waals surface area contributed by atoms with Crippen molar-refractivity contribution in [2.75, 3.05) is 5.32 Å². The van der Waals surface area contributed by atoms with E-state index in [1.54, 1.807) is 44.6 Å². The molecule has 0 saturated carbocycles. The molecule has 1 amide bonds. The number of pyridine rings is 2. The fourth-order valence-electron chi connectivity index (χ4n) is 4.05. The zero-order chi connectivity index (χ0) is 24.0. The highest BCUT2D eigenvalue weighted by Gasteiger charge is 2.18. The Bertz CT molecular complexity index is 1670. The fourth-order valence-corrected chi connectivity index (χ4v) is 4.05. The molecule has 0 fully saturated rings. The number of amides is 1. The van der Waals surface area contributed by atoms with Crippen molar-refractivity contribution in [1.29, 1.82) is 0 Å². The molecule has 0 radical (unpaired) electrons. The molecule has 5 rings (SSSR count). The summed E-state index contributed by atoms with van der Waals surface area (Å²) in [6, 6.07) is 14.0. The Kier molecular flexibility index (Phi) is 5.05. The largest absolute Gasteiger partial charge is 0.333 e. The fraction of sp³-hybridized carbons (Fsp3) is 0.0769. The van der Waals surface area contributed by atoms with Gasteiger partial charge in [0.25, 0.3) is 0 Å². The van der Waals surface area contributed by atoms with Crippen molar-refractivity contribution < 1.29 is 9.18 Å². The van der Waals surface area contributed by atoms with Gasteiger partial charge in [-0.25, -0.2) is 14.2 Å². The summed E-state index contributed by atoms with van der Waals surface area (Å²) >= 11 is 0. The number of fused-ring (bicyclic) bond motifs is 3. The van der Waals surface area contributed by atoms with Gasteiger partial charge in [0.05, 0.1) is 28.4 Å². The van der Waals surface area contributed by atoms with Gasteiger partial charge in [-0.3, -0.25) is 18.9 Å². The van der Waals surface area contributed by atoms with Crippen molar-refractivity contribution in [2.45, 2.75) is 6.92 Å². The third-order valence-electron chi connectivity index (χ3n) is 5.90. The number of imidazole rings is 1. The Labute approximate surface area is 193 Å². The monoisotopic (exact) mass is 453 g/mol. The Morgan fingerprint density at radius 1 is 1.09 bits per heavy atom. The van der Waals surface area contributed by atoms with Crippen molar-refractivity contribution in [3.63, 3.8) is 0 Å². The lowest BCUT2D eigenvalue weighted by atomic mass is 10.0. The lowest BCUT2D eigenvalue weighted by Crippen LogP contribution is -2.21. The second-order valence-electron chi connectivity index (χ2n) is 7.91. The molecule has 3 aromatic heterocycles. The van der Waals surface area contributed by atoms with Crippen molar-refractivity contribution in [3.8, 4) is 16.8 Å². The molecule has 0 aliphatic carbocycles. The summed E-state index contributed by atoms with van der Waals surface area (Å²) < 4.78 is 17.4. The van der Waals surface area contributed by atoms with Gasteiger partial charge in [-0.05, 0) is 55.0 Å². The van der Waals surface area contributed by atoms with Crippen molar-refractivity contribution in [3.05, 3.63) is 95.4 Å². The summed E-state index contributed by atoms with van der Waals surface area (Å²) in [6.07, 6.45) is 4.49. The van der Waals surface area contributed by atoms with E-state index in [1.165, 1.54) is 21.3 Å². The van der Waals surface area contributed by atoms with Gasteiger partial charge in [-0.15, -0.1) is 0 Å². The Balaban J connectivity index is 1.73. The van der Waals surface area contributed by atoms with E-state index in [4.69, 9.17) is 0 Å². The number of rotatable bonds is 4. The molecule has 8 heteroatoms. The Morgan fingerprint density at radius 2 is 1.88 bits per heavy atom. The minimum atomic E-state index is -0.379. The summed E-state index contributed by atoms with van der Waals surface area (Å²) in [4.78, 5) is 33.5. The van der Waals surface area contributed by atoms with Crippen LogP contribution in [0.4, 0.5) is 10.2 Å². The van der Waals surface area contributed by atoms with Crippen LogP contribution in [0.1, 0.15) is 5.56 Å². The van der Waals surface area contributed by atoms with Crippen LogP contribution in [0.3, 0.4) is 0 Å². The topological polar surface area (TPSA) is 81.8 Å². The maximum absolute atomic E-state index is 14.4. The molecule has 0 spiro atoms. The van der Waals surface area contributed by atoms with E-state index in [2.05, 4.69) is 21.9 Å². The minimum Gasteiger partial charge on any atom is -0.307 e. The summed E-state index contributed by atoms with van der Waals surface area (Å²) in [5, 5.41) is 3.37. The van der Waals surface area contributed by atoms with E-state index in [1.807, 2.05) is 24.3 Å². The van der Waals surface area contributed by atoms with E-state index >= 15 is 0 Å². The maximum atomic E-state index is 14.4. The average molecular weight is 453 g/mol. The van der Waals surface area contributed by atoms with E-state index < -0.39 is 0 Å². The maximum Gasteiger partial charge on any atom is 0.333 e. The van der Waals surface area contributed by atoms with E-state index in [0.717, 1.165) is 16.5 Å². The second-order valence-corrected chi connectivity index (χ2v) is 7.91. The van der Waals surface area contributed by atoms with Crippen LogP contribution in [-0.2, 0) is 11.8 Å². The molecule has 3 heterocycles. The van der Waals surface area contributed by atoms with Crippen molar-refractivity contribution in [1.82, 2.24) is 19.1 Å². The summed E-state index contributed by atoms with van der Waals surface area (Å²) in [7, 11) is 1.67. The number of hydrogen-bond acceptors (Lipinski definition) is 4. The van der Waals surface area contributed by atoms with Gasteiger partial charge in [-0.2, -0.15) is 0 Å². The molecule has 0 aliphatic heterocycles. The van der Waals surface area contributed by atoms with Crippen molar-refractivity contribution >= 4 is 33.7 Å². The highest BCUT2D eigenvalue weighted by atomic mass is 19.1. The van der Waals surface area contributed by atoms with Crippen LogP contribution in [0.15, 0.2) is 78.4 Å². The van der Waals surface area contributed by atoms with Gasteiger partial charge in [0, 0.05) is 29.8 Å². The predicted molar refractivity (Wildman–Crippen MR) is 131 cm³/mol. The van der Waals surface area contributed by atoms with Gasteiger partial charge in [0.15, 0.2) is 0 Å². The summed E-state index contributed by atoms with van der Waals surface area (Å²) in [6.45, 7) is 5.09. The first-order valence-corrected chi connectivity index (χ1v) is 10.5. The van der Waals surface area contributed by atoms with E-state index in [0.29, 0.717) is 33.6 Å². The third kappa shape index (κ3) is 3.36. The SMILES string of the molecule is C=CC(=O)Nc1ccc(-c2ccc3ncc4c(c3c2)n(-c2cccc(F)c2C)c(=O)n4C)cn1. The number of aromatic nitrogens is 4. The summed E-state index contributed by atoms with van der Waals surface area (Å²) in [5.74, 6) is -0.304. The molecular formula is C26H20FN5O2. The van der Waals surface area contributed by atoms with Crippen LogP contribution < -0.4 is 11.0 Å². The average Bonchev–Trinajstić information content (AvgIpc) is 3.11. The smallest absolute Gasteiger partial charge is 0.307 e. The lowest BCUT2D eigenvalue weighted by Gasteiger charge is -2.10. The van der Waals surface area contributed by atoms with Crippen LogP contribution in [0.5, 0.6) is 0 Å². The predicted octanol–water partition coefficient (Wildman–Crippen LogP) is 4.51. The minimum absolute atomic E-state index is 0.285. The molecule has 5 aromatic rings. The van der Waals surface area contributed by atoms with Crippen LogP contribution in [-0.4, -0.2) is 25.0 Å². The van der Waals surface area contributed by atoms with Gasteiger partial charge < -0.3 is 5.32 Å². The number of nitrogens with one attached hydrogen (secondary N) is 1. The third-order valence-corrected chi connectivity index (χ3v) is 5.90. The Hall–Kier alpha value is -4.59. The number of anilines is 1. The van der Waals surface area contributed by atoms with Gasteiger partial charge in [0.2, 0.25) is 5.91 Å². The van der Waals surface area contributed by atoms with Crippen LogP contribution in [0.2, 0.25) is 0 Å². The zero-order valence-corrected chi connectivity index (χ0v) is 18.5. The van der Waals surface area contributed by atoms with E-state index in [-0.39, 0.29) is 17.4 Å².